The first-order chi connectivity index (χ1) is 12.2. The third-order valence-corrected chi connectivity index (χ3v) is 3.53. The summed E-state index contributed by atoms with van der Waals surface area (Å²) in [6, 6.07) is 0. The molecule has 1 fully saturated rings. The van der Waals surface area contributed by atoms with E-state index in [2.05, 4.69) is 27.4 Å². The summed E-state index contributed by atoms with van der Waals surface area (Å²) >= 11 is 0. The highest BCUT2D eigenvalue weighted by molar-refractivity contribution is 5.88. The molecule has 1 aromatic rings. The van der Waals surface area contributed by atoms with Gasteiger partial charge in [0.25, 0.3) is 0 Å². The molecule has 1 aliphatic heterocycles. The number of nitrogens with one attached hydrogen (secondary N) is 1. The summed E-state index contributed by atoms with van der Waals surface area (Å²) in [5.41, 5.74) is -1.66. The molecule has 0 amide bonds. The first kappa shape index (κ1) is 21.2. The molecule has 26 heavy (non-hydrogen) atoms. The van der Waals surface area contributed by atoms with Crippen molar-refractivity contribution in [3.05, 3.63) is 30.4 Å². The van der Waals surface area contributed by atoms with E-state index in [1.807, 2.05) is 12.4 Å². The maximum Gasteiger partial charge on any atom is 0.336 e. The Balaban J connectivity index is 0.000000260. The zero-order chi connectivity index (χ0) is 19.6. The lowest BCUT2D eigenvalue weighted by Gasteiger charge is -2.18. The summed E-state index contributed by atoms with van der Waals surface area (Å²) in [7, 11) is 0. The minimum Gasteiger partial charge on any atom is -0.481 e. The monoisotopic (exact) mass is 367 g/mol. The van der Waals surface area contributed by atoms with Gasteiger partial charge in [0.1, 0.15) is 6.33 Å². The van der Waals surface area contributed by atoms with Crippen molar-refractivity contribution < 1.29 is 34.8 Å². The Morgan fingerprint density at radius 2 is 1.73 bits per heavy atom. The van der Waals surface area contributed by atoms with Crippen molar-refractivity contribution in [3.63, 3.8) is 0 Å². The van der Waals surface area contributed by atoms with Crippen LogP contribution in [0.3, 0.4) is 0 Å². The number of aliphatic carboxylic acids is 3. The molecule has 1 atom stereocenters. The van der Waals surface area contributed by atoms with Crippen molar-refractivity contribution in [2.45, 2.75) is 24.9 Å². The molecule has 0 saturated carbocycles. The third kappa shape index (κ3) is 7.81. The largest absolute Gasteiger partial charge is 0.481 e. The van der Waals surface area contributed by atoms with Crippen molar-refractivity contribution in [1.29, 1.82) is 0 Å². The first-order valence-electron chi connectivity index (χ1n) is 7.76. The Labute approximate surface area is 149 Å². The minimum atomic E-state index is -2.74. The van der Waals surface area contributed by atoms with E-state index in [-0.39, 0.29) is 0 Å². The maximum atomic E-state index is 10.3. The molecule has 0 radical (unpaired) electrons. The molecule has 10 nitrogen and oxygen atoms in total. The Hall–Kier alpha value is -2.85. The van der Waals surface area contributed by atoms with Gasteiger partial charge >= 0.3 is 17.9 Å². The van der Waals surface area contributed by atoms with Gasteiger partial charge in [0.2, 0.25) is 0 Å². The van der Waals surface area contributed by atoms with Crippen LogP contribution in [0.5, 0.6) is 0 Å². The quantitative estimate of drug-likeness (QED) is 0.436. The third-order valence-electron chi connectivity index (χ3n) is 3.53. The molecule has 0 aliphatic carbocycles. The van der Waals surface area contributed by atoms with Crippen LogP contribution in [0.2, 0.25) is 0 Å². The smallest absolute Gasteiger partial charge is 0.336 e. The van der Waals surface area contributed by atoms with Gasteiger partial charge in [-0.25, -0.2) is 14.8 Å². The summed E-state index contributed by atoms with van der Waals surface area (Å²) in [4.78, 5) is 38.4. The molecule has 1 aliphatic rings. The van der Waals surface area contributed by atoms with Crippen molar-refractivity contribution in [3.8, 4) is 0 Å². The maximum absolute atomic E-state index is 10.3. The molecule has 10 heteroatoms. The Morgan fingerprint density at radius 3 is 2.15 bits per heavy atom. The van der Waals surface area contributed by atoms with Gasteiger partial charge in [0, 0.05) is 24.5 Å². The Morgan fingerprint density at radius 1 is 1.15 bits per heavy atom. The number of rotatable bonds is 7. The van der Waals surface area contributed by atoms with Gasteiger partial charge in [0.05, 0.1) is 12.8 Å². The van der Waals surface area contributed by atoms with E-state index in [9.17, 15) is 14.4 Å². The van der Waals surface area contributed by atoms with Crippen LogP contribution in [-0.2, 0) is 14.4 Å². The normalized spacial score (nSPS) is 16.7. The number of aliphatic hydroxyl groups is 1. The number of hydrogen-bond acceptors (Lipinski definition) is 7. The van der Waals surface area contributed by atoms with E-state index < -0.39 is 36.4 Å². The lowest BCUT2D eigenvalue weighted by molar-refractivity contribution is -0.170. The summed E-state index contributed by atoms with van der Waals surface area (Å²) in [6.45, 7) is 2.24. The molecule has 1 saturated heterocycles. The molecule has 142 valence electrons. The van der Waals surface area contributed by atoms with Crippen LogP contribution in [-0.4, -0.2) is 67.0 Å². The second kappa shape index (κ2) is 10.2. The van der Waals surface area contributed by atoms with E-state index in [1.54, 1.807) is 6.33 Å². The van der Waals surface area contributed by atoms with Crippen LogP contribution in [0, 0.1) is 5.92 Å². The zero-order valence-electron chi connectivity index (χ0n) is 13.9. The van der Waals surface area contributed by atoms with E-state index in [0.717, 1.165) is 18.7 Å². The van der Waals surface area contributed by atoms with E-state index >= 15 is 0 Å². The lowest BCUT2D eigenvalue weighted by atomic mass is 9.96. The average molecular weight is 367 g/mol. The number of carboxylic acids is 3. The van der Waals surface area contributed by atoms with Crippen molar-refractivity contribution in [2.24, 2.45) is 5.92 Å². The molecular weight excluding hydrogens is 346 g/mol. The van der Waals surface area contributed by atoms with Crippen LogP contribution in [0.15, 0.2) is 24.8 Å². The second-order valence-electron chi connectivity index (χ2n) is 5.76. The van der Waals surface area contributed by atoms with Crippen molar-refractivity contribution >= 4 is 24.0 Å². The summed E-state index contributed by atoms with van der Waals surface area (Å²) in [6.07, 6.45) is 8.48. The number of aromatic nitrogens is 2. The number of hydrogen-bond donors (Lipinski definition) is 5. The molecule has 2 heterocycles. The molecule has 1 unspecified atom stereocenters. The van der Waals surface area contributed by atoms with E-state index in [4.69, 9.17) is 20.4 Å². The van der Waals surface area contributed by atoms with Crippen molar-refractivity contribution in [2.75, 3.05) is 13.1 Å². The predicted octanol–water partition coefficient (Wildman–Crippen LogP) is -0.149. The van der Waals surface area contributed by atoms with Gasteiger partial charge in [-0.15, -0.1) is 0 Å². The molecule has 5 N–H and O–H groups in total. The first-order valence-corrected chi connectivity index (χ1v) is 7.76. The number of carbonyl (C=O) groups is 3. The number of carboxylic acid groups (broad SMARTS) is 3. The highest BCUT2D eigenvalue weighted by Gasteiger charge is 2.40. The van der Waals surface area contributed by atoms with Gasteiger partial charge < -0.3 is 25.7 Å². The molecule has 0 spiro atoms. The topological polar surface area (TPSA) is 170 Å². The predicted molar refractivity (Wildman–Crippen MR) is 89.1 cm³/mol. The van der Waals surface area contributed by atoms with E-state index in [1.165, 1.54) is 6.42 Å². The molecule has 1 aromatic heterocycles. The van der Waals surface area contributed by atoms with Crippen LogP contribution >= 0.6 is 0 Å². The SMILES string of the molecule is C(=C\C1CCNC1)/c1cncnc1.O=C(O)CC(O)(CC(=O)O)C(=O)O. The Kier molecular flexibility index (Phi) is 8.32. The lowest BCUT2D eigenvalue weighted by Crippen LogP contribution is -2.42. The summed E-state index contributed by atoms with van der Waals surface area (Å²) in [5, 5.41) is 37.1. The Bertz CT molecular complexity index is 627. The molecular formula is C16H21N3O7. The summed E-state index contributed by atoms with van der Waals surface area (Å²) in [5.74, 6) is -4.34. The van der Waals surface area contributed by atoms with Crippen molar-refractivity contribution in [1.82, 2.24) is 15.3 Å². The van der Waals surface area contributed by atoms with Gasteiger partial charge in [-0.05, 0) is 18.9 Å². The molecule has 2 rings (SSSR count). The zero-order valence-corrected chi connectivity index (χ0v) is 13.9. The average Bonchev–Trinajstić information content (AvgIpc) is 3.06. The summed E-state index contributed by atoms with van der Waals surface area (Å²) < 4.78 is 0. The van der Waals surface area contributed by atoms with Crippen LogP contribution in [0.4, 0.5) is 0 Å². The standard InChI is InChI=1S/C10H13N3.C6H8O7/c1(9-3-4-11-5-9)2-10-6-12-8-13-7-10;7-3(8)1-6(13,5(11)12)2-4(9)10/h1-2,6-9,11H,3-5H2;13H,1-2H2,(H,7,8)(H,9,10)(H,11,12)/b2-1+;. The fourth-order valence-electron chi connectivity index (χ4n) is 2.20. The van der Waals surface area contributed by atoms with Crippen LogP contribution in [0.1, 0.15) is 24.8 Å². The highest BCUT2D eigenvalue weighted by Crippen LogP contribution is 2.15. The fourth-order valence-corrected chi connectivity index (χ4v) is 2.20. The van der Waals surface area contributed by atoms with Gasteiger partial charge in [-0.2, -0.15) is 0 Å². The second-order valence-corrected chi connectivity index (χ2v) is 5.76. The highest BCUT2D eigenvalue weighted by atomic mass is 16.4. The van der Waals surface area contributed by atoms with Crippen LogP contribution in [0.25, 0.3) is 6.08 Å². The van der Waals surface area contributed by atoms with Gasteiger partial charge in [-0.3, -0.25) is 9.59 Å². The van der Waals surface area contributed by atoms with Gasteiger partial charge in [-0.1, -0.05) is 12.2 Å². The minimum absolute atomic E-state index is 0.681. The molecule has 0 bridgehead atoms. The van der Waals surface area contributed by atoms with Crippen LogP contribution < -0.4 is 5.32 Å². The fraction of sp³-hybridized carbons (Fsp3) is 0.438. The molecule has 0 aromatic carbocycles. The van der Waals surface area contributed by atoms with Gasteiger partial charge in [0.15, 0.2) is 5.60 Å². The number of nitrogens with zero attached hydrogens (tertiary/aromatic N) is 2. The van der Waals surface area contributed by atoms with E-state index in [0.29, 0.717) is 5.92 Å².